The first-order valence-electron chi connectivity index (χ1n) is 10.4. The van der Waals surface area contributed by atoms with Gasteiger partial charge in [0.15, 0.2) is 0 Å². The fourth-order valence-electron chi connectivity index (χ4n) is 4.38. The number of carbonyl (C=O) groups excluding carboxylic acids is 2. The van der Waals surface area contributed by atoms with Crippen LogP contribution < -0.4 is 10.6 Å². The van der Waals surface area contributed by atoms with Crippen molar-refractivity contribution in [2.45, 2.75) is 83.7 Å². The van der Waals surface area contributed by atoms with Gasteiger partial charge in [0.05, 0.1) is 6.61 Å². The summed E-state index contributed by atoms with van der Waals surface area (Å²) in [4.78, 5) is 27.2. The number of hydrogen-bond acceptors (Lipinski definition) is 4. The van der Waals surface area contributed by atoms with Gasteiger partial charge in [-0.2, -0.15) is 0 Å². The lowest BCUT2D eigenvalue weighted by atomic mass is 9.79. The van der Waals surface area contributed by atoms with E-state index in [4.69, 9.17) is 4.74 Å². The zero-order valence-corrected chi connectivity index (χ0v) is 16.8. The molecule has 1 atom stereocenters. The van der Waals surface area contributed by atoms with Crippen LogP contribution in [0.5, 0.6) is 0 Å². The summed E-state index contributed by atoms with van der Waals surface area (Å²) in [6.07, 6.45) is 9.40. The molecule has 26 heavy (non-hydrogen) atoms. The fourth-order valence-corrected chi connectivity index (χ4v) is 4.38. The van der Waals surface area contributed by atoms with Crippen LogP contribution in [0.15, 0.2) is 0 Å². The number of nitrogens with zero attached hydrogens (tertiary/aromatic N) is 1. The Hall–Kier alpha value is -1.30. The topological polar surface area (TPSA) is 70.7 Å². The van der Waals surface area contributed by atoms with E-state index in [-0.39, 0.29) is 17.4 Å². The molecule has 0 aromatic rings. The summed E-state index contributed by atoms with van der Waals surface area (Å²) >= 11 is 0. The molecule has 6 heteroatoms. The van der Waals surface area contributed by atoms with Crippen LogP contribution in [0.1, 0.15) is 72.1 Å². The lowest BCUT2D eigenvalue weighted by Crippen LogP contribution is -2.60. The highest BCUT2D eigenvalue weighted by Gasteiger charge is 2.39. The minimum absolute atomic E-state index is 0.0108. The Morgan fingerprint density at radius 2 is 1.65 bits per heavy atom. The number of rotatable bonds is 7. The molecule has 2 fully saturated rings. The van der Waals surface area contributed by atoms with Crippen LogP contribution in [0.25, 0.3) is 0 Å². The van der Waals surface area contributed by atoms with Crippen LogP contribution >= 0.6 is 0 Å². The van der Waals surface area contributed by atoms with Crippen molar-refractivity contribution in [3.8, 4) is 0 Å². The van der Waals surface area contributed by atoms with E-state index in [1.54, 1.807) is 6.92 Å². The third-order valence-corrected chi connectivity index (χ3v) is 5.90. The van der Waals surface area contributed by atoms with Gasteiger partial charge in [0, 0.05) is 12.1 Å². The maximum absolute atomic E-state index is 12.8. The van der Waals surface area contributed by atoms with E-state index in [2.05, 4.69) is 15.5 Å². The quantitative estimate of drug-likeness (QED) is 0.725. The van der Waals surface area contributed by atoms with Crippen LogP contribution in [0, 0.1) is 5.92 Å². The minimum Gasteiger partial charge on any atom is -0.450 e. The standard InChI is InChI=1S/C20H37N3O3/c1-4-26-19(25)22-17(16(2)3)18(24)21-15-20(11-7-5-8-12-20)23-13-9-6-10-14-23/h16-17H,4-15H2,1-3H3,(H,21,24)(H,22,25). The second-order valence-electron chi connectivity index (χ2n) is 8.14. The molecule has 0 aromatic carbocycles. The monoisotopic (exact) mass is 367 g/mol. The Bertz CT molecular complexity index is 455. The second kappa shape index (κ2) is 10.1. The van der Waals surface area contributed by atoms with Crippen molar-refractivity contribution < 1.29 is 14.3 Å². The summed E-state index contributed by atoms with van der Waals surface area (Å²) in [6, 6.07) is -0.559. The van der Waals surface area contributed by atoms with Crippen molar-refractivity contribution in [3.63, 3.8) is 0 Å². The Morgan fingerprint density at radius 3 is 2.23 bits per heavy atom. The molecule has 0 spiro atoms. The van der Waals surface area contributed by atoms with E-state index in [9.17, 15) is 9.59 Å². The molecule has 1 saturated heterocycles. The number of ether oxygens (including phenoxy) is 1. The third-order valence-electron chi connectivity index (χ3n) is 5.90. The average molecular weight is 368 g/mol. The summed E-state index contributed by atoms with van der Waals surface area (Å²) in [6.45, 7) is 8.91. The highest BCUT2D eigenvalue weighted by molar-refractivity contribution is 5.85. The average Bonchev–Trinajstić information content (AvgIpc) is 2.65. The number of nitrogens with one attached hydrogen (secondary N) is 2. The van der Waals surface area contributed by atoms with Crippen molar-refractivity contribution in [2.24, 2.45) is 5.92 Å². The Morgan fingerprint density at radius 1 is 1.04 bits per heavy atom. The maximum atomic E-state index is 12.8. The van der Waals surface area contributed by atoms with E-state index in [1.165, 1.54) is 38.5 Å². The van der Waals surface area contributed by atoms with Crippen LogP contribution in [0.3, 0.4) is 0 Å². The molecule has 2 N–H and O–H groups in total. The molecular formula is C20H37N3O3. The molecule has 0 aromatic heterocycles. The molecule has 1 aliphatic carbocycles. The van der Waals surface area contributed by atoms with Gasteiger partial charge in [0.1, 0.15) is 6.04 Å². The van der Waals surface area contributed by atoms with Crippen molar-refractivity contribution in [3.05, 3.63) is 0 Å². The third kappa shape index (κ3) is 5.60. The molecule has 2 aliphatic rings. The molecule has 0 bridgehead atoms. The predicted molar refractivity (Wildman–Crippen MR) is 103 cm³/mol. The van der Waals surface area contributed by atoms with E-state index in [0.29, 0.717) is 13.2 Å². The van der Waals surface area contributed by atoms with Gasteiger partial charge in [-0.1, -0.05) is 39.5 Å². The van der Waals surface area contributed by atoms with Gasteiger partial charge in [-0.15, -0.1) is 0 Å². The molecule has 2 rings (SSSR count). The van der Waals surface area contributed by atoms with Crippen LogP contribution in [0.2, 0.25) is 0 Å². The summed E-state index contributed by atoms with van der Waals surface area (Å²) in [5.74, 6) is -0.0910. The highest BCUT2D eigenvalue weighted by atomic mass is 16.5. The maximum Gasteiger partial charge on any atom is 0.407 e. The van der Waals surface area contributed by atoms with E-state index >= 15 is 0 Å². The van der Waals surface area contributed by atoms with Gasteiger partial charge < -0.3 is 15.4 Å². The summed E-state index contributed by atoms with van der Waals surface area (Å²) in [5.41, 5.74) is 0.0970. The first kappa shape index (κ1) is 21.0. The van der Waals surface area contributed by atoms with Gasteiger partial charge in [0.2, 0.25) is 5.91 Å². The second-order valence-corrected chi connectivity index (χ2v) is 8.14. The molecule has 6 nitrogen and oxygen atoms in total. The Balaban J connectivity index is 1.99. The number of amides is 2. The molecule has 0 radical (unpaired) electrons. The largest absolute Gasteiger partial charge is 0.450 e. The van der Waals surface area contributed by atoms with Crippen molar-refractivity contribution in [2.75, 3.05) is 26.2 Å². The SMILES string of the molecule is CCOC(=O)NC(C(=O)NCC1(N2CCCCC2)CCCCC1)C(C)C. The van der Waals surface area contributed by atoms with Crippen LogP contribution in [-0.2, 0) is 9.53 Å². The summed E-state index contributed by atoms with van der Waals surface area (Å²) < 4.78 is 4.94. The predicted octanol–water partition coefficient (Wildman–Crippen LogP) is 3.06. The number of hydrogen-bond donors (Lipinski definition) is 2. The highest BCUT2D eigenvalue weighted by Crippen LogP contribution is 2.35. The number of piperidine rings is 1. The van der Waals surface area contributed by atoms with Crippen LogP contribution in [-0.4, -0.2) is 54.7 Å². The van der Waals surface area contributed by atoms with Gasteiger partial charge in [-0.25, -0.2) is 4.79 Å². The number of likely N-dealkylation sites (tertiary alicyclic amines) is 1. The molecule has 150 valence electrons. The molecule has 1 heterocycles. The van der Waals surface area contributed by atoms with Gasteiger partial charge in [0.25, 0.3) is 0 Å². The van der Waals surface area contributed by atoms with Crippen molar-refractivity contribution >= 4 is 12.0 Å². The van der Waals surface area contributed by atoms with Crippen molar-refractivity contribution in [1.82, 2.24) is 15.5 Å². The van der Waals surface area contributed by atoms with Crippen molar-refractivity contribution in [1.29, 1.82) is 0 Å². The Labute approximate surface area is 158 Å². The first-order valence-corrected chi connectivity index (χ1v) is 10.4. The number of alkyl carbamates (subject to hydrolysis) is 1. The molecule has 1 aliphatic heterocycles. The normalized spacial score (nSPS) is 21.8. The lowest BCUT2D eigenvalue weighted by molar-refractivity contribution is -0.125. The molecule has 2 amide bonds. The molecule has 1 unspecified atom stereocenters. The zero-order valence-electron chi connectivity index (χ0n) is 16.8. The molecular weight excluding hydrogens is 330 g/mol. The van der Waals surface area contributed by atoms with E-state index in [0.717, 1.165) is 25.9 Å². The Kier molecular flexibility index (Phi) is 8.19. The van der Waals surface area contributed by atoms with E-state index in [1.807, 2.05) is 13.8 Å². The summed E-state index contributed by atoms with van der Waals surface area (Å²) in [7, 11) is 0. The van der Waals surface area contributed by atoms with E-state index < -0.39 is 12.1 Å². The molecule has 1 saturated carbocycles. The zero-order chi connectivity index (χ0) is 19.0. The minimum atomic E-state index is -0.559. The number of carbonyl (C=O) groups is 2. The van der Waals surface area contributed by atoms with Gasteiger partial charge in [-0.3, -0.25) is 9.69 Å². The fraction of sp³-hybridized carbons (Fsp3) is 0.900. The smallest absolute Gasteiger partial charge is 0.407 e. The summed E-state index contributed by atoms with van der Waals surface area (Å²) in [5, 5.41) is 5.88. The van der Waals surface area contributed by atoms with Gasteiger partial charge in [-0.05, 0) is 51.6 Å². The lowest BCUT2D eigenvalue weighted by Gasteiger charge is -2.48. The van der Waals surface area contributed by atoms with Gasteiger partial charge >= 0.3 is 6.09 Å². The first-order chi connectivity index (χ1) is 12.5. The van der Waals surface area contributed by atoms with Crippen LogP contribution in [0.4, 0.5) is 4.79 Å².